The summed E-state index contributed by atoms with van der Waals surface area (Å²) in [5, 5.41) is 9.07. The second-order valence-corrected chi connectivity index (χ2v) is 5.48. The van der Waals surface area contributed by atoms with Crippen LogP contribution in [-0.2, 0) is 14.3 Å². The maximum Gasteiger partial charge on any atom is 0.323 e. The quantitative estimate of drug-likeness (QED) is 0.903. The standard InChI is InChI=1S/C16H20FNO4/c1-11(12-3-2-4-13(17)9-12)16(21)18(10-15(19)20)14-5-7-22-8-6-14/h2-4,9,11,14H,5-8,10H2,1H3,(H,19,20). The van der Waals surface area contributed by atoms with Gasteiger partial charge in [-0.15, -0.1) is 0 Å². The van der Waals surface area contributed by atoms with Crippen molar-refractivity contribution >= 4 is 11.9 Å². The molecule has 0 spiro atoms. The smallest absolute Gasteiger partial charge is 0.323 e. The fourth-order valence-corrected chi connectivity index (χ4v) is 2.70. The Hall–Kier alpha value is -1.95. The molecule has 1 heterocycles. The van der Waals surface area contributed by atoms with Crippen LogP contribution in [0.2, 0.25) is 0 Å². The van der Waals surface area contributed by atoms with Crippen LogP contribution in [0.1, 0.15) is 31.2 Å². The van der Waals surface area contributed by atoms with E-state index in [-0.39, 0.29) is 18.5 Å². The Morgan fingerprint density at radius 2 is 2.09 bits per heavy atom. The molecule has 22 heavy (non-hydrogen) atoms. The Kier molecular flexibility index (Phi) is 5.49. The molecular formula is C16H20FNO4. The van der Waals surface area contributed by atoms with Crippen molar-refractivity contribution in [3.8, 4) is 0 Å². The first-order valence-corrected chi connectivity index (χ1v) is 7.34. The summed E-state index contributed by atoms with van der Waals surface area (Å²) < 4.78 is 18.6. The van der Waals surface area contributed by atoms with Crippen LogP contribution in [-0.4, -0.2) is 47.7 Å². The summed E-state index contributed by atoms with van der Waals surface area (Å²) in [7, 11) is 0. The van der Waals surface area contributed by atoms with E-state index in [1.165, 1.54) is 17.0 Å². The van der Waals surface area contributed by atoms with Gasteiger partial charge in [0.2, 0.25) is 5.91 Å². The third-order valence-electron chi connectivity index (χ3n) is 3.94. The van der Waals surface area contributed by atoms with Crippen molar-refractivity contribution < 1.29 is 23.8 Å². The Labute approximate surface area is 128 Å². The van der Waals surface area contributed by atoms with Gasteiger partial charge in [-0.3, -0.25) is 9.59 Å². The molecule has 5 nitrogen and oxygen atoms in total. The fourth-order valence-electron chi connectivity index (χ4n) is 2.70. The third-order valence-corrected chi connectivity index (χ3v) is 3.94. The first kappa shape index (κ1) is 16.4. The molecule has 1 aromatic carbocycles. The normalized spacial score (nSPS) is 17.0. The van der Waals surface area contributed by atoms with Crippen molar-refractivity contribution in [1.82, 2.24) is 4.90 Å². The number of hydrogen-bond acceptors (Lipinski definition) is 3. The largest absolute Gasteiger partial charge is 0.480 e. The Morgan fingerprint density at radius 3 is 2.68 bits per heavy atom. The molecule has 1 aromatic rings. The van der Waals surface area contributed by atoms with Crippen molar-refractivity contribution in [3.63, 3.8) is 0 Å². The Bertz CT molecular complexity index is 543. The van der Waals surface area contributed by atoms with Gasteiger partial charge in [0.25, 0.3) is 0 Å². The Balaban J connectivity index is 2.18. The maximum atomic E-state index is 13.3. The number of ether oxygens (including phenoxy) is 1. The van der Waals surface area contributed by atoms with Crippen molar-refractivity contribution in [2.75, 3.05) is 19.8 Å². The van der Waals surface area contributed by atoms with E-state index in [1.807, 2.05) is 0 Å². The van der Waals surface area contributed by atoms with E-state index in [1.54, 1.807) is 19.1 Å². The van der Waals surface area contributed by atoms with Crippen molar-refractivity contribution in [1.29, 1.82) is 0 Å². The minimum atomic E-state index is -1.05. The van der Waals surface area contributed by atoms with Crippen molar-refractivity contribution in [3.05, 3.63) is 35.6 Å². The Morgan fingerprint density at radius 1 is 1.41 bits per heavy atom. The van der Waals surface area contributed by atoms with Gasteiger partial charge in [0.1, 0.15) is 12.4 Å². The van der Waals surface area contributed by atoms with E-state index in [0.29, 0.717) is 31.6 Å². The predicted octanol–water partition coefficient (Wildman–Crippen LogP) is 2.02. The number of carbonyl (C=O) groups is 2. The molecule has 0 saturated carbocycles. The number of carboxylic acid groups (broad SMARTS) is 1. The molecule has 120 valence electrons. The van der Waals surface area contributed by atoms with Crippen LogP contribution >= 0.6 is 0 Å². The van der Waals surface area contributed by atoms with Gasteiger partial charge >= 0.3 is 5.97 Å². The zero-order valence-corrected chi connectivity index (χ0v) is 12.5. The molecule has 1 atom stereocenters. The van der Waals surface area contributed by atoms with Crippen LogP contribution in [0.5, 0.6) is 0 Å². The van der Waals surface area contributed by atoms with Gasteiger partial charge in [-0.2, -0.15) is 0 Å². The molecule has 1 saturated heterocycles. The number of carbonyl (C=O) groups excluding carboxylic acids is 1. The van der Waals surface area contributed by atoms with Crippen LogP contribution in [0.25, 0.3) is 0 Å². The molecular weight excluding hydrogens is 289 g/mol. The van der Waals surface area contributed by atoms with E-state index in [2.05, 4.69) is 0 Å². The van der Waals surface area contributed by atoms with Crippen molar-refractivity contribution in [2.24, 2.45) is 0 Å². The van der Waals surface area contributed by atoms with E-state index in [9.17, 15) is 14.0 Å². The van der Waals surface area contributed by atoms with Gasteiger partial charge in [0.15, 0.2) is 0 Å². The molecule has 1 unspecified atom stereocenters. The number of halogens is 1. The van der Waals surface area contributed by atoms with Gasteiger partial charge in [-0.25, -0.2) is 4.39 Å². The van der Waals surface area contributed by atoms with Gasteiger partial charge in [0, 0.05) is 19.3 Å². The summed E-state index contributed by atoms with van der Waals surface area (Å²) in [5.74, 6) is -2.34. The third kappa shape index (κ3) is 4.04. The lowest BCUT2D eigenvalue weighted by atomic mass is 9.97. The SMILES string of the molecule is CC(C(=O)N(CC(=O)O)C1CCOCC1)c1cccc(F)c1. The fraction of sp³-hybridized carbons (Fsp3) is 0.500. The monoisotopic (exact) mass is 309 g/mol. The number of amides is 1. The first-order chi connectivity index (χ1) is 10.5. The van der Waals surface area contributed by atoms with Crippen LogP contribution in [0.4, 0.5) is 4.39 Å². The van der Waals surface area contributed by atoms with Crippen LogP contribution in [0.15, 0.2) is 24.3 Å². The highest BCUT2D eigenvalue weighted by Crippen LogP contribution is 2.23. The first-order valence-electron chi connectivity index (χ1n) is 7.34. The highest BCUT2D eigenvalue weighted by atomic mass is 19.1. The zero-order chi connectivity index (χ0) is 16.1. The number of aliphatic carboxylic acids is 1. The van der Waals surface area contributed by atoms with Crippen molar-refractivity contribution in [2.45, 2.75) is 31.7 Å². The molecule has 2 rings (SSSR count). The minimum absolute atomic E-state index is 0.145. The van der Waals surface area contributed by atoms with Gasteiger partial charge in [-0.1, -0.05) is 12.1 Å². The zero-order valence-electron chi connectivity index (χ0n) is 12.5. The summed E-state index contributed by atoms with van der Waals surface area (Å²) in [6, 6.07) is 5.70. The van der Waals surface area contributed by atoms with E-state index in [0.717, 1.165) is 0 Å². The molecule has 1 N–H and O–H groups in total. The molecule has 1 aliphatic heterocycles. The molecule has 0 aromatic heterocycles. The number of carboxylic acids is 1. The van der Waals surface area contributed by atoms with Gasteiger partial charge in [0.05, 0.1) is 5.92 Å². The highest BCUT2D eigenvalue weighted by molar-refractivity contribution is 5.86. The second kappa shape index (κ2) is 7.35. The summed E-state index contributed by atoms with van der Waals surface area (Å²) in [5.41, 5.74) is 0.549. The lowest BCUT2D eigenvalue weighted by molar-refractivity contribution is -0.148. The minimum Gasteiger partial charge on any atom is -0.480 e. The van der Waals surface area contributed by atoms with E-state index in [4.69, 9.17) is 9.84 Å². The summed E-state index contributed by atoms with van der Waals surface area (Å²) in [4.78, 5) is 25.2. The van der Waals surface area contributed by atoms with E-state index < -0.39 is 17.7 Å². The molecule has 6 heteroatoms. The lowest BCUT2D eigenvalue weighted by Gasteiger charge is -2.35. The van der Waals surface area contributed by atoms with Gasteiger partial charge in [-0.05, 0) is 37.5 Å². The molecule has 1 amide bonds. The van der Waals surface area contributed by atoms with Gasteiger partial charge < -0.3 is 14.7 Å². The average Bonchev–Trinajstić information content (AvgIpc) is 2.52. The van der Waals surface area contributed by atoms with Crippen LogP contribution in [0, 0.1) is 5.82 Å². The molecule has 1 aliphatic rings. The summed E-state index contributed by atoms with van der Waals surface area (Å²) >= 11 is 0. The maximum absolute atomic E-state index is 13.3. The number of rotatable bonds is 5. The topological polar surface area (TPSA) is 66.8 Å². The lowest BCUT2D eigenvalue weighted by Crippen LogP contribution is -2.47. The molecule has 0 bridgehead atoms. The van der Waals surface area contributed by atoms with Crippen LogP contribution in [0.3, 0.4) is 0 Å². The number of benzene rings is 1. The summed E-state index contributed by atoms with van der Waals surface area (Å²) in [6.07, 6.45) is 1.24. The molecule has 0 radical (unpaired) electrons. The van der Waals surface area contributed by atoms with E-state index >= 15 is 0 Å². The van der Waals surface area contributed by atoms with Crippen LogP contribution < -0.4 is 0 Å². The molecule has 0 aliphatic carbocycles. The highest BCUT2D eigenvalue weighted by Gasteiger charge is 2.31. The number of nitrogens with zero attached hydrogens (tertiary/aromatic N) is 1. The second-order valence-electron chi connectivity index (χ2n) is 5.48. The number of hydrogen-bond donors (Lipinski definition) is 1. The predicted molar refractivity (Wildman–Crippen MR) is 78.0 cm³/mol. The average molecular weight is 309 g/mol. The summed E-state index contributed by atoms with van der Waals surface area (Å²) in [6.45, 7) is 2.36. The molecule has 1 fully saturated rings.